The Bertz CT molecular complexity index is 1250. The predicted octanol–water partition coefficient (Wildman–Crippen LogP) is 3.73. The molecule has 0 spiro atoms. The summed E-state index contributed by atoms with van der Waals surface area (Å²) in [6.07, 6.45) is -0.397. The molecule has 1 saturated heterocycles. The van der Waals surface area contributed by atoms with Crippen LogP contribution < -0.4 is 15.0 Å². The molecule has 0 radical (unpaired) electrons. The predicted molar refractivity (Wildman–Crippen MR) is 160 cm³/mol. The Morgan fingerprint density at radius 3 is 2.42 bits per heavy atom. The second-order valence-corrected chi connectivity index (χ2v) is 11.9. The third kappa shape index (κ3) is 7.22. The van der Waals surface area contributed by atoms with Crippen molar-refractivity contribution in [3.63, 3.8) is 0 Å². The number of nitrogens with zero attached hydrogens (tertiary/aromatic N) is 3. The van der Waals surface area contributed by atoms with Crippen LogP contribution in [0.2, 0.25) is 0 Å². The molecule has 4 amide bonds. The van der Waals surface area contributed by atoms with E-state index in [1.54, 1.807) is 58.6 Å². The third-order valence-corrected chi connectivity index (χ3v) is 8.06. The fourth-order valence-electron chi connectivity index (χ4n) is 5.96. The van der Waals surface area contributed by atoms with Gasteiger partial charge < -0.3 is 29.7 Å². The molecule has 1 fully saturated rings. The number of likely N-dealkylation sites (tertiary alicyclic amines) is 1. The van der Waals surface area contributed by atoms with Gasteiger partial charge in [0.05, 0.1) is 17.8 Å². The van der Waals surface area contributed by atoms with Crippen molar-refractivity contribution in [3.8, 4) is 5.75 Å². The fraction of sp³-hybridized carbons (Fsp3) is 0.645. The fourth-order valence-corrected chi connectivity index (χ4v) is 5.96. The largest absolute Gasteiger partial charge is 0.476 e. The van der Waals surface area contributed by atoms with Crippen LogP contribution in [0.3, 0.4) is 0 Å². The van der Waals surface area contributed by atoms with Crippen molar-refractivity contribution >= 4 is 35.5 Å². The van der Waals surface area contributed by atoms with E-state index in [0.29, 0.717) is 41.8 Å². The highest BCUT2D eigenvalue weighted by atomic mass is 16.5. The Labute approximate surface area is 253 Å². The average molecular weight is 603 g/mol. The summed E-state index contributed by atoms with van der Waals surface area (Å²) < 4.78 is 11.7. The van der Waals surface area contributed by atoms with Gasteiger partial charge in [0.2, 0.25) is 5.91 Å². The normalized spacial score (nSPS) is 20.2. The Morgan fingerprint density at radius 2 is 1.84 bits per heavy atom. The van der Waals surface area contributed by atoms with Crippen LogP contribution in [0.1, 0.15) is 90.1 Å². The van der Waals surface area contributed by atoms with Gasteiger partial charge in [0.1, 0.15) is 11.9 Å². The third-order valence-electron chi connectivity index (χ3n) is 8.06. The lowest BCUT2D eigenvalue weighted by atomic mass is 9.89. The molecular formula is C31H46N4O8. The molecule has 1 aromatic carbocycles. The number of ether oxygens (including phenoxy) is 2. The van der Waals surface area contributed by atoms with Crippen LogP contribution in [-0.2, 0) is 19.1 Å². The summed E-state index contributed by atoms with van der Waals surface area (Å²) in [5.41, 5.74) is 0.248. The molecule has 0 saturated carbocycles. The number of anilines is 1. The van der Waals surface area contributed by atoms with Crippen molar-refractivity contribution in [2.45, 2.75) is 111 Å². The maximum absolute atomic E-state index is 14.4. The summed E-state index contributed by atoms with van der Waals surface area (Å²) in [6.45, 7) is 14.6. The van der Waals surface area contributed by atoms with Gasteiger partial charge >= 0.3 is 12.1 Å². The molecule has 1 aromatic rings. The van der Waals surface area contributed by atoms with Gasteiger partial charge in [0, 0.05) is 44.1 Å². The quantitative estimate of drug-likeness (QED) is 0.386. The van der Waals surface area contributed by atoms with Crippen LogP contribution in [0.25, 0.3) is 0 Å². The first-order valence-electron chi connectivity index (χ1n) is 15.1. The number of fused-ring (bicyclic) bond motifs is 1. The van der Waals surface area contributed by atoms with E-state index in [1.165, 1.54) is 9.80 Å². The minimum atomic E-state index is -1.15. The number of piperidine rings is 1. The lowest BCUT2D eigenvalue weighted by Gasteiger charge is -2.48. The molecule has 238 valence electrons. The number of carbonyl (C=O) groups excluding carboxylic acids is 4. The molecule has 12 heteroatoms. The number of nitrogens with one attached hydrogen (secondary N) is 1. The second-order valence-electron chi connectivity index (χ2n) is 11.9. The molecule has 0 aliphatic carbocycles. The maximum atomic E-state index is 14.4. The number of hydrogen-bond donors (Lipinski definition) is 2. The van der Waals surface area contributed by atoms with Gasteiger partial charge in [-0.3, -0.25) is 24.1 Å². The molecule has 12 nitrogen and oxygen atoms in total. The molecule has 1 unspecified atom stereocenters. The molecule has 0 aromatic heterocycles. The van der Waals surface area contributed by atoms with Gasteiger partial charge in [-0.05, 0) is 72.1 Å². The Balaban J connectivity index is 2.06. The first kappa shape index (κ1) is 33.7. The molecule has 43 heavy (non-hydrogen) atoms. The molecule has 0 bridgehead atoms. The van der Waals surface area contributed by atoms with E-state index in [2.05, 4.69) is 5.32 Å². The summed E-state index contributed by atoms with van der Waals surface area (Å²) in [5.74, 6) is -0.765. The van der Waals surface area contributed by atoms with Gasteiger partial charge in [-0.25, -0.2) is 4.79 Å². The van der Waals surface area contributed by atoms with E-state index >= 15 is 0 Å². The molecule has 2 aliphatic heterocycles. The monoisotopic (exact) mass is 602 g/mol. The van der Waals surface area contributed by atoms with Crippen molar-refractivity contribution < 1.29 is 38.6 Å². The second kappa shape index (κ2) is 13.6. The van der Waals surface area contributed by atoms with Crippen molar-refractivity contribution in [2.24, 2.45) is 0 Å². The highest BCUT2D eigenvalue weighted by molar-refractivity contribution is 6.05. The standard InChI is InChI=1S/C31H46N4O8/c1-9-25(36)32-13-15-33-23-17-21(19(5)16-24(23)43-31(7,8)29(33)39)28(38)35(18(3)4)22-12-11-14-34(30(40)41)27(22)20(6)42-26(37)10-2/h16-18,20,22,27H,9-15H2,1-8H3,(H,32,36)(H,40,41)/t20-,22+,27?/m0/s1. The van der Waals surface area contributed by atoms with Gasteiger partial charge in [-0.1, -0.05) is 13.8 Å². The molecular weight excluding hydrogens is 556 g/mol. The number of esters is 1. The minimum Gasteiger partial charge on any atom is -0.476 e. The van der Waals surface area contributed by atoms with Crippen LogP contribution in [0.4, 0.5) is 10.5 Å². The average Bonchev–Trinajstić information content (AvgIpc) is 2.94. The van der Waals surface area contributed by atoms with E-state index in [4.69, 9.17) is 9.47 Å². The number of carboxylic acid groups (broad SMARTS) is 1. The van der Waals surface area contributed by atoms with E-state index in [-0.39, 0.29) is 49.8 Å². The molecule has 2 heterocycles. The Kier molecular flexibility index (Phi) is 10.7. The summed E-state index contributed by atoms with van der Waals surface area (Å²) in [6, 6.07) is 1.72. The van der Waals surface area contributed by atoms with Gasteiger partial charge in [-0.15, -0.1) is 0 Å². The highest BCUT2D eigenvalue weighted by Crippen LogP contribution is 2.40. The number of rotatable bonds is 10. The summed E-state index contributed by atoms with van der Waals surface area (Å²) >= 11 is 0. The van der Waals surface area contributed by atoms with Crippen LogP contribution in [0.15, 0.2) is 12.1 Å². The van der Waals surface area contributed by atoms with Crippen LogP contribution in [0.5, 0.6) is 5.75 Å². The van der Waals surface area contributed by atoms with E-state index in [0.717, 1.165) is 0 Å². The first-order valence-corrected chi connectivity index (χ1v) is 15.1. The van der Waals surface area contributed by atoms with Gasteiger partial charge in [-0.2, -0.15) is 0 Å². The summed E-state index contributed by atoms with van der Waals surface area (Å²) in [5, 5.41) is 12.8. The van der Waals surface area contributed by atoms with Crippen molar-refractivity contribution in [1.29, 1.82) is 0 Å². The van der Waals surface area contributed by atoms with E-state index in [1.807, 2.05) is 13.8 Å². The molecule has 2 aliphatic rings. The Hall–Kier alpha value is -3.83. The topological polar surface area (TPSA) is 146 Å². The molecule has 2 N–H and O–H groups in total. The SMILES string of the molecule is CCC(=O)NCCN1C(=O)C(C)(C)Oc2cc(C)c(C(=O)N(C(C)C)[C@@H]3CCCN(C(=O)O)C3[C@H](C)OC(=O)CC)cc21. The number of benzene rings is 1. The number of aryl methyl sites for hydroxylation is 1. The highest BCUT2D eigenvalue weighted by Gasteiger charge is 2.46. The van der Waals surface area contributed by atoms with Crippen molar-refractivity contribution in [2.75, 3.05) is 24.5 Å². The van der Waals surface area contributed by atoms with E-state index in [9.17, 15) is 29.1 Å². The zero-order valence-corrected chi connectivity index (χ0v) is 26.6. The Morgan fingerprint density at radius 1 is 1.16 bits per heavy atom. The lowest BCUT2D eigenvalue weighted by Crippen LogP contribution is -2.63. The maximum Gasteiger partial charge on any atom is 0.407 e. The van der Waals surface area contributed by atoms with Gasteiger partial charge in [0.25, 0.3) is 11.8 Å². The summed E-state index contributed by atoms with van der Waals surface area (Å²) in [4.78, 5) is 68.6. The molecule has 3 rings (SSSR count). The van der Waals surface area contributed by atoms with Crippen molar-refractivity contribution in [1.82, 2.24) is 15.1 Å². The smallest absolute Gasteiger partial charge is 0.407 e. The van der Waals surface area contributed by atoms with Crippen LogP contribution in [0, 0.1) is 6.92 Å². The molecule has 3 atom stereocenters. The minimum absolute atomic E-state index is 0.135. The lowest BCUT2D eigenvalue weighted by molar-refractivity contribution is -0.153. The number of carbonyl (C=O) groups is 5. The number of hydrogen-bond acceptors (Lipinski definition) is 7. The van der Waals surface area contributed by atoms with Crippen LogP contribution in [-0.4, -0.2) is 94.2 Å². The zero-order chi connectivity index (χ0) is 32.2. The van der Waals surface area contributed by atoms with Gasteiger partial charge in [0.15, 0.2) is 5.60 Å². The summed E-state index contributed by atoms with van der Waals surface area (Å²) in [7, 11) is 0. The number of amides is 4. The first-order chi connectivity index (χ1) is 20.1. The van der Waals surface area contributed by atoms with E-state index < -0.39 is 35.9 Å². The van der Waals surface area contributed by atoms with Crippen LogP contribution >= 0.6 is 0 Å². The van der Waals surface area contributed by atoms with Crippen molar-refractivity contribution in [3.05, 3.63) is 23.3 Å². The zero-order valence-electron chi connectivity index (χ0n) is 26.6.